The average Bonchev–Trinajstić information content (AvgIpc) is 2.90. The minimum atomic E-state index is -4.52. The first kappa shape index (κ1) is 28.5. The fourth-order valence-corrected chi connectivity index (χ4v) is 3.75. The summed E-state index contributed by atoms with van der Waals surface area (Å²) < 4.78 is 145. The molecule has 0 saturated carbocycles. The van der Waals surface area contributed by atoms with Crippen LogP contribution in [-0.4, -0.2) is 0 Å². The topological polar surface area (TPSA) is 9.23 Å². The summed E-state index contributed by atoms with van der Waals surface area (Å²) >= 11 is 0. The van der Waals surface area contributed by atoms with E-state index in [1.807, 2.05) is 0 Å². The number of rotatable bonds is 7. The van der Waals surface area contributed by atoms with Crippen LogP contribution in [0.4, 0.5) is 43.9 Å². The van der Waals surface area contributed by atoms with Crippen LogP contribution in [-0.2, 0) is 6.11 Å². The quantitative estimate of drug-likeness (QED) is 0.123. The molecule has 0 aliphatic carbocycles. The van der Waals surface area contributed by atoms with Crippen LogP contribution < -0.4 is 4.74 Å². The van der Waals surface area contributed by atoms with Crippen molar-refractivity contribution < 1.29 is 48.6 Å². The molecule has 0 spiro atoms. The Morgan fingerprint density at radius 3 is 1.70 bits per heavy atom. The largest absolute Gasteiger partial charge is 0.429 e. The first-order valence-corrected chi connectivity index (χ1v) is 11.1. The maximum atomic E-state index is 14.9. The van der Waals surface area contributed by atoms with Gasteiger partial charge in [0.2, 0.25) is 0 Å². The predicted octanol–water partition coefficient (Wildman–Crippen LogP) is 9.78. The van der Waals surface area contributed by atoms with E-state index in [1.54, 1.807) is 0 Å². The third-order valence-electron chi connectivity index (χ3n) is 5.68. The van der Waals surface area contributed by atoms with E-state index >= 15 is 0 Å². The molecule has 4 aromatic rings. The van der Waals surface area contributed by atoms with Gasteiger partial charge < -0.3 is 4.74 Å². The molecule has 0 fully saturated rings. The number of hydrogen-bond donors (Lipinski definition) is 0. The third kappa shape index (κ3) is 5.58. The molecule has 0 amide bonds. The summed E-state index contributed by atoms with van der Waals surface area (Å²) in [5.74, 6) is -13.2. The Morgan fingerprint density at radius 2 is 1.18 bits per heavy atom. The molecule has 1 nitrogen and oxygen atoms in total. The van der Waals surface area contributed by atoms with Gasteiger partial charge in [0, 0.05) is 17.7 Å². The minimum Gasteiger partial charge on any atom is -0.429 e. The highest BCUT2D eigenvalue weighted by molar-refractivity contribution is 5.73. The zero-order chi connectivity index (χ0) is 29.4. The van der Waals surface area contributed by atoms with Crippen LogP contribution in [0.5, 0.6) is 5.75 Å². The average molecular weight is 568 g/mol. The van der Waals surface area contributed by atoms with Gasteiger partial charge in [-0.2, -0.15) is 8.78 Å². The van der Waals surface area contributed by atoms with Gasteiger partial charge in [0.15, 0.2) is 29.1 Å². The second kappa shape index (κ2) is 10.9. The van der Waals surface area contributed by atoms with Gasteiger partial charge in [-0.1, -0.05) is 36.9 Å². The van der Waals surface area contributed by atoms with E-state index in [1.165, 1.54) is 24.3 Å². The molecule has 4 aromatic carbocycles. The lowest BCUT2D eigenvalue weighted by atomic mass is 9.97. The van der Waals surface area contributed by atoms with E-state index in [2.05, 4.69) is 11.3 Å². The lowest BCUT2D eigenvalue weighted by Crippen LogP contribution is -2.23. The van der Waals surface area contributed by atoms with Crippen LogP contribution in [0.3, 0.4) is 0 Å². The van der Waals surface area contributed by atoms with Crippen LogP contribution >= 0.6 is 0 Å². The van der Waals surface area contributed by atoms with Crippen LogP contribution in [0.2, 0.25) is 0 Å². The maximum absolute atomic E-state index is 14.9. The Balaban J connectivity index is 1.63. The van der Waals surface area contributed by atoms with Gasteiger partial charge in [-0.15, -0.1) is 0 Å². The van der Waals surface area contributed by atoms with Crippen molar-refractivity contribution in [3.63, 3.8) is 0 Å². The van der Waals surface area contributed by atoms with Crippen molar-refractivity contribution in [2.24, 2.45) is 0 Å². The van der Waals surface area contributed by atoms with Crippen molar-refractivity contribution in [3.8, 4) is 28.0 Å². The molecule has 206 valence electrons. The Labute approximate surface area is 220 Å². The fraction of sp³-hybridized carbons (Fsp3) is 0.0345. The number of hydrogen-bond acceptors (Lipinski definition) is 1. The molecule has 0 heterocycles. The molecule has 40 heavy (non-hydrogen) atoms. The fourth-order valence-electron chi connectivity index (χ4n) is 3.75. The van der Waals surface area contributed by atoms with Gasteiger partial charge in [0.05, 0.1) is 11.1 Å². The minimum absolute atomic E-state index is 0.0188. The van der Waals surface area contributed by atoms with E-state index in [0.29, 0.717) is 18.2 Å². The van der Waals surface area contributed by atoms with Gasteiger partial charge in [0.25, 0.3) is 0 Å². The number of alkyl halides is 2. The summed E-state index contributed by atoms with van der Waals surface area (Å²) in [5, 5.41) is 0. The molecular formula is C29H14F10O. The summed E-state index contributed by atoms with van der Waals surface area (Å²) in [5.41, 5.74) is -2.63. The highest BCUT2D eigenvalue weighted by Gasteiger charge is 2.38. The first-order valence-electron chi connectivity index (χ1n) is 11.1. The number of ether oxygens (including phenoxy) is 1. The molecule has 11 heteroatoms. The molecule has 0 aromatic heterocycles. The summed E-state index contributed by atoms with van der Waals surface area (Å²) in [6.45, 7) is 3.11. The number of benzene rings is 4. The monoisotopic (exact) mass is 568 g/mol. The van der Waals surface area contributed by atoms with Crippen molar-refractivity contribution in [3.05, 3.63) is 131 Å². The van der Waals surface area contributed by atoms with Gasteiger partial charge in [-0.3, -0.25) is 0 Å². The Hall–Kier alpha value is -4.54. The highest BCUT2D eigenvalue weighted by atomic mass is 19.3. The van der Waals surface area contributed by atoms with Crippen LogP contribution in [0.1, 0.15) is 11.1 Å². The van der Waals surface area contributed by atoms with Crippen LogP contribution in [0, 0.1) is 34.9 Å². The van der Waals surface area contributed by atoms with Crippen molar-refractivity contribution in [2.75, 3.05) is 0 Å². The Kier molecular flexibility index (Phi) is 7.77. The standard InChI is InChI=1S/C29H14F10O/c1-2-20(30)27(36)15-5-3-14(4-6-15)17-10-22(32)26(23(33)11-17)16-7-8-19(21(31)9-16)29(38,39)40-18-12-24(34)28(37)25(35)13-18/h2-13H,1H2. The molecule has 0 aliphatic heterocycles. The van der Waals surface area contributed by atoms with E-state index in [0.717, 1.165) is 18.2 Å². The second-order valence-corrected chi connectivity index (χ2v) is 8.27. The van der Waals surface area contributed by atoms with E-state index in [9.17, 15) is 43.9 Å². The molecule has 0 N–H and O–H groups in total. The van der Waals surface area contributed by atoms with Crippen LogP contribution in [0.25, 0.3) is 28.1 Å². The number of halogens is 10. The summed E-state index contributed by atoms with van der Waals surface area (Å²) in [4.78, 5) is 0. The van der Waals surface area contributed by atoms with E-state index < -0.39 is 75.1 Å². The third-order valence-corrected chi connectivity index (χ3v) is 5.68. The molecule has 4 rings (SSSR count). The molecule has 0 atom stereocenters. The van der Waals surface area contributed by atoms with Gasteiger partial charge in [-0.25, -0.2) is 35.1 Å². The highest BCUT2D eigenvalue weighted by Crippen LogP contribution is 2.37. The first-order chi connectivity index (χ1) is 18.8. The van der Waals surface area contributed by atoms with Crippen molar-refractivity contribution >= 4 is 5.83 Å². The molecule has 0 bridgehead atoms. The Bertz CT molecular complexity index is 1600. The van der Waals surface area contributed by atoms with E-state index in [-0.39, 0.29) is 28.8 Å². The summed E-state index contributed by atoms with van der Waals surface area (Å²) in [7, 11) is 0. The lowest BCUT2D eigenvalue weighted by molar-refractivity contribution is -0.187. The van der Waals surface area contributed by atoms with Gasteiger partial charge in [0.1, 0.15) is 23.2 Å². The molecule has 0 aliphatic rings. The zero-order valence-corrected chi connectivity index (χ0v) is 19.8. The molecule has 0 radical (unpaired) electrons. The van der Waals surface area contributed by atoms with Crippen molar-refractivity contribution in [1.29, 1.82) is 0 Å². The van der Waals surface area contributed by atoms with Gasteiger partial charge >= 0.3 is 6.11 Å². The Morgan fingerprint density at radius 1 is 0.650 bits per heavy atom. The number of allylic oxidation sites excluding steroid dienone is 2. The predicted molar refractivity (Wildman–Crippen MR) is 127 cm³/mol. The molecular weight excluding hydrogens is 554 g/mol. The second-order valence-electron chi connectivity index (χ2n) is 8.27. The smallest absolute Gasteiger partial charge is 0.429 e. The normalized spacial score (nSPS) is 12.2. The lowest BCUT2D eigenvalue weighted by Gasteiger charge is -2.19. The zero-order valence-electron chi connectivity index (χ0n) is 19.8. The van der Waals surface area contributed by atoms with Crippen molar-refractivity contribution in [2.45, 2.75) is 6.11 Å². The summed E-state index contributed by atoms with van der Waals surface area (Å²) in [6.07, 6.45) is -3.85. The SMILES string of the molecule is C=CC(F)=C(F)c1ccc(-c2cc(F)c(-c3ccc(C(F)(F)Oc4cc(F)c(F)c(F)c4)c(F)c3)c(F)c2)cc1. The maximum Gasteiger partial charge on any atom is 0.429 e. The molecule has 0 saturated heterocycles. The molecule has 0 unspecified atom stereocenters. The van der Waals surface area contributed by atoms with Gasteiger partial charge in [-0.05, 0) is 47.0 Å². The van der Waals surface area contributed by atoms with Crippen LogP contribution in [0.15, 0.2) is 85.2 Å². The van der Waals surface area contributed by atoms with E-state index in [4.69, 9.17) is 0 Å². The van der Waals surface area contributed by atoms with Crippen molar-refractivity contribution in [1.82, 2.24) is 0 Å². The summed E-state index contributed by atoms with van der Waals surface area (Å²) in [6, 6.07) is 8.50.